The van der Waals surface area contributed by atoms with Crippen molar-refractivity contribution in [3.8, 4) is 5.88 Å². The lowest BCUT2D eigenvalue weighted by Gasteiger charge is -2.10. The first-order chi connectivity index (χ1) is 5.54. The summed E-state index contributed by atoms with van der Waals surface area (Å²) in [4.78, 5) is 3.72. The summed E-state index contributed by atoms with van der Waals surface area (Å²) in [6, 6.07) is 2.49. The molecule has 66 valence electrons. The molecule has 0 unspecified atom stereocenters. The van der Waals surface area contributed by atoms with Crippen molar-refractivity contribution in [1.29, 1.82) is 0 Å². The van der Waals surface area contributed by atoms with Crippen LogP contribution in [0.5, 0.6) is 5.88 Å². The number of aromatic nitrogens is 1. The molecule has 0 N–H and O–H groups in total. The lowest BCUT2D eigenvalue weighted by molar-refractivity contribution is 0.0171. The van der Waals surface area contributed by atoms with Gasteiger partial charge in [-0.15, -0.1) is 0 Å². The molecule has 12 heavy (non-hydrogen) atoms. The monoisotopic (exact) mass is 173 g/mol. The number of halogens is 2. The maximum absolute atomic E-state index is 12.7. The minimum Gasteiger partial charge on any atom is -0.481 e. The van der Waals surface area contributed by atoms with Gasteiger partial charge >= 0.3 is 0 Å². The van der Waals surface area contributed by atoms with Crippen LogP contribution in [0.3, 0.4) is 0 Å². The van der Waals surface area contributed by atoms with Gasteiger partial charge in [0.1, 0.15) is 0 Å². The number of hydrogen-bond acceptors (Lipinski definition) is 2. The Bertz CT molecular complexity index is 270. The molecular weight excluding hydrogens is 164 g/mol. The highest BCUT2D eigenvalue weighted by atomic mass is 19.3. The van der Waals surface area contributed by atoms with Crippen LogP contribution in [-0.4, -0.2) is 12.1 Å². The van der Waals surface area contributed by atoms with E-state index in [1.54, 1.807) is 0 Å². The molecule has 0 saturated heterocycles. The van der Waals surface area contributed by atoms with E-state index in [0.717, 1.165) is 6.92 Å². The van der Waals surface area contributed by atoms with Crippen molar-refractivity contribution < 1.29 is 13.5 Å². The lowest BCUT2D eigenvalue weighted by Crippen LogP contribution is -2.07. The Labute approximate surface area is 69.2 Å². The second-order valence-corrected chi connectivity index (χ2v) is 2.48. The molecule has 0 aliphatic heterocycles. The Hall–Kier alpha value is -1.19. The third-order valence-electron chi connectivity index (χ3n) is 1.45. The molecule has 1 aromatic heterocycles. The molecule has 1 aromatic rings. The van der Waals surface area contributed by atoms with E-state index < -0.39 is 5.92 Å². The first-order valence-corrected chi connectivity index (χ1v) is 3.42. The van der Waals surface area contributed by atoms with Gasteiger partial charge in [0.2, 0.25) is 5.88 Å². The summed E-state index contributed by atoms with van der Waals surface area (Å²) in [7, 11) is 1.39. The number of alkyl halides is 2. The van der Waals surface area contributed by atoms with Crippen molar-refractivity contribution in [3.05, 3.63) is 23.9 Å². The SMILES string of the molecule is COc1cc(C(C)(F)F)ccn1. The molecule has 0 aromatic carbocycles. The van der Waals surface area contributed by atoms with Crippen LogP contribution in [0.2, 0.25) is 0 Å². The van der Waals surface area contributed by atoms with Crippen molar-refractivity contribution >= 4 is 0 Å². The molecule has 0 fully saturated rings. The Kier molecular flexibility index (Phi) is 2.26. The predicted octanol–water partition coefficient (Wildman–Crippen LogP) is 2.20. The zero-order chi connectivity index (χ0) is 9.19. The highest BCUT2D eigenvalue weighted by Gasteiger charge is 2.24. The Balaban J connectivity index is 3.02. The van der Waals surface area contributed by atoms with Gasteiger partial charge in [0.15, 0.2) is 0 Å². The van der Waals surface area contributed by atoms with E-state index in [1.807, 2.05) is 0 Å². The molecule has 4 heteroatoms. The fourth-order valence-electron chi connectivity index (χ4n) is 0.794. The van der Waals surface area contributed by atoms with E-state index in [0.29, 0.717) is 0 Å². The second kappa shape index (κ2) is 3.05. The molecule has 0 saturated carbocycles. The van der Waals surface area contributed by atoms with Crippen LogP contribution in [0.1, 0.15) is 12.5 Å². The summed E-state index contributed by atoms with van der Waals surface area (Å²) in [5.74, 6) is -2.63. The standard InChI is InChI=1S/C8H9F2NO/c1-8(9,10)6-3-4-11-7(5-6)12-2/h3-5H,1-2H3. The molecule has 0 aliphatic rings. The van der Waals surface area contributed by atoms with E-state index in [4.69, 9.17) is 4.74 Å². The first kappa shape index (κ1) is 8.90. The number of pyridine rings is 1. The zero-order valence-electron chi connectivity index (χ0n) is 6.84. The summed E-state index contributed by atoms with van der Waals surface area (Å²) in [6.07, 6.45) is 1.30. The summed E-state index contributed by atoms with van der Waals surface area (Å²) in [5.41, 5.74) is -0.0886. The zero-order valence-corrected chi connectivity index (χ0v) is 6.84. The van der Waals surface area contributed by atoms with Gasteiger partial charge in [-0.3, -0.25) is 0 Å². The van der Waals surface area contributed by atoms with Gasteiger partial charge in [-0.25, -0.2) is 13.8 Å². The number of rotatable bonds is 2. The first-order valence-electron chi connectivity index (χ1n) is 3.42. The smallest absolute Gasteiger partial charge is 0.270 e. The van der Waals surface area contributed by atoms with Crippen LogP contribution in [0, 0.1) is 0 Å². The van der Waals surface area contributed by atoms with Gasteiger partial charge in [-0.1, -0.05) is 0 Å². The molecule has 0 atom stereocenters. The highest BCUT2D eigenvalue weighted by molar-refractivity contribution is 5.23. The Morgan fingerprint density at radius 2 is 2.17 bits per heavy atom. The summed E-state index contributed by atoms with van der Waals surface area (Å²) >= 11 is 0. The van der Waals surface area contributed by atoms with Crippen molar-refractivity contribution in [2.45, 2.75) is 12.8 Å². The average molecular weight is 173 g/mol. The topological polar surface area (TPSA) is 22.1 Å². The average Bonchev–Trinajstić information content (AvgIpc) is 2.03. The molecule has 0 bridgehead atoms. The van der Waals surface area contributed by atoms with Crippen molar-refractivity contribution in [2.75, 3.05) is 7.11 Å². The van der Waals surface area contributed by atoms with Crippen LogP contribution in [-0.2, 0) is 5.92 Å². The largest absolute Gasteiger partial charge is 0.481 e. The fourth-order valence-corrected chi connectivity index (χ4v) is 0.794. The van der Waals surface area contributed by atoms with E-state index in [2.05, 4.69) is 4.98 Å². The molecule has 0 spiro atoms. The molecule has 2 nitrogen and oxygen atoms in total. The normalized spacial score (nSPS) is 11.3. The van der Waals surface area contributed by atoms with E-state index in [9.17, 15) is 8.78 Å². The van der Waals surface area contributed by atoms with E-state index in [-0.39, 0.29) is 11.4 Å². The van der Waals surface area contributed by atoms with Gasteiger partial charge < -0.3 is 4.74 Å². The van der Waals surface area contributed by atoms with Crippen LogP contribution >= 0.6 is 0 Å². The van der Waals surface area contributed by atoms with Crippen LogP contribution in [0.15, 0.2) is 18.3 Å². The minimum absolute atomic E-state index is 0.0886. The maximum atomic E-state index is 12.7. The van der Waals surface area contributed by atoms with Crippen molar-refractivity contribution in [1.82, 2.24) is 4.98 Å². The van der Waals surface area contributed by atoms with Gasteiger partial charge in [0.05, 0.1) is 7.11 Å². The quantitative estimate of drug-likeness (QED) is 0.684. The molecule has 0 radical (unpaired) electrons. The highest BCUT2D eigenvalue weighted by Crippen LogP contribution is 2.27. The molecule has 1 heterocycles. The van der Waals surface area contributed by atoms with E-state index >= 15 is 0 Å². The molecular formula is C8H9F2NO. The van der Waals surface area contributed by atoms with E-state index in [1.165, 1.54) is 25.4 Å². The number of ether oxygens (including phenoxy) is 1. The minimum atomic E-state index is -2.84. The Morgan fingerprint density at radius 3 is 2.67 bits per heavy atom. The van der Waals surface area contributed by atoms with Crippen LogP contribution < -0.4 is 4.74 Å². The second-order valence-electron chi connectivity index (χ2n) is 2.48. The fraction of sp³-hybridized carbons (Fsp3) is 0.375. The van der Waals surface area contributed by atoms with Gasteiger partial charge in [-0.2, -0.15) is 0 Å². The predicted molar refractivity (Wildman–Crippen MR) is 40.4 cm³/mol. The number of hydrogen-bond donors (Lipinski definition) is 0. The molecule has 0 amide bonds. The summed E-state index contributed by atoms with van der Waals surface area (Å²) in [6.45, 7) is 0.835. The molecule has 1 rings (SSSR count). The third-order valence-corrected chi connectivity index (χ3v) is 1.45. The summed E-state index contributed by atoms with van der Waals surface area (Å²) in [5, 5.41) is 0. The maximum Gasteiger partial charge on any atom is 0.270 e. The van der Waals surface area contributed by atoms with Gasteiger partial charge in [0, 0.05) is 24.8 Å². The number of nitrogens with zero attached hydrogens (tertiary/aromatic N) is 1. The van der Waals surface area contributed by atoms with Gasteiger partial charge in [0.25, 0.3) is 5.92 Å². The lowest BCUT2D eigenvalue weighted by atomic mass is 10.1. The van der Waals surface area contributed by atoms with Crippen LogP contribution in [0.25, 0.3) is 0 Å². The third kappa shape index (κ3) is 1.90. The van der Waals surface area contributed by atoms with Crippen molar-refractivity contribution in [2.24, 2.45) is 0 Å². The van der Waals surface area contributed by atoms with Crippen LogP contribution in [0.4, 0.5) is 8.78 Å². The van der Waals surface area contributed by atoms with Gasteiger partial charge in [-0.05, 0) is 6.07 Å². The van der Waals surface area contributed by atoms with Crippen molar-refractivity contribution in [3.63, 3.8) is 0 Å². The number of methoxy groups -OCH3 is 1. The molecule has 0 aliphatic carbocycles. The summed E-state index contributed by atoms with van der Waals surface area (Å²) < 4.78 is 30.1. The Morgan fingerprint density at radius 1 is 1.50 bits per heavy atom.